The molecule has 3 heterocycles. The van der Waals surface area contributed by atoms with E-state index in [9.17, 15) is 19.2 Å². The average Bonchev–Trinajstić information content (AvgIpc) is 3.20. The molecule has 25 heavy (non-hydrogen) atoms. The van der Waals surface area contributed by atoms with Crippen LogP contribution in [0.5, 0.6) is 0 Å². The molecule has 0 aromatic rings. The first-order valence-corrected chi connectivity index (χ1v) is 10.6. The van der Waals surface area contributed by atoms with Crippen molar-refractivity contribution in [3.8, 4) is 0 Å². The van der Waals surface area contributed by atoms with E-state index in [1.165, 1.54) is 11.8 Å². The van der Waals surface area contributed by atoms with Crippen LogP contribution in [0.4, 0.5) is 4.79 Å². The third kappa shape index (κ3) is 4.05. The molecule has 3 aliphatic heterocycles. The van der Waals surface area contributed by atoms with Crippen LogP contribution in [0.2, 0.25) is 0 Å². The molecule has 0 aromatic heterocycles. The van der Waals surface area contributed by atoms with Crippen LogP contribution in [0, 0.1) is 0 Å². The molecule has 0 bridgehead atoms. The summed E-state index contributed by atoms with van der Waals surface area (Å²) < 4.78 is 0. The monoisotopic (exact) mass is 387 g/mol. The SMILES string of the molecule is CSC1CC(=O)N(OC(=O)CCCC[C@@H]2SC[C@@H]3NC(=O)N[C@@H]32)C1=O. The fourth-order valence-electron chi connectivity index (χ4n) is 3.27. The lowest BCUT2D eigenvalue weighted by molar-refractivity contribution is -0.197. The summed E-state index contributed by atoms with van der Waals surface area (Å²) in [6.07, 6.45) is 4.33. The van der Waals surface area contributed by atoms with Gasteiger partial charge >= 0.3 is 12.0 Å². The lowest BCUT2D eigenvalue weighted by Crippen LogP contribution is -2.36. The van der Waals surface area contributed by atoms with E-state index in [0.717, 1.165) is 18.6 Å². The van der Waals surface area contributed by atoms with Crippen LogP contribution in [-0.2, 0) is 19.2 Å². The summed E-state index contributed by atoms with van der Waals surface area (Å²) in [6, 6.07) is 0.254. The maximum absolute atomic E-state index is 11.9. The molecular formula is C15H21N3O5S2. The number of imide groups is 1. The molecule has 0 aliphatic carbocycles. The zero-order chi connectivity index (χ0) is 18.0. The van der Waals surface area contributed by atoms with E-state index in [-0.39, 0.29) is 31.0 Å². The molecule has 0 spiro atoms. The third-order valence-electron chi connectivity index (χ3n) is 4.60. The summed E-state index contributed by atoms with van der Waals surface area (Å²) in [5.74, 6) is -0.568. The highest BCUT2D eigenvalue weighted by Crippen LogP contribution is 2.33. The van der Waals surface area contributed by atoms with Crippen LogP contribution in [0.3, 0.4) is 0 Å². The van der Waals surface area contributed by atoms with Crippen molar-refractivity contribution in [2.45, 2.75) is 54.7 Å². The van der Waals surface area contributed by atoms with Gasteiger partial charge < -0.3 is 15.5 Å². The van der Waals surface area contributed by atoms with Crippen molar-refractivity contribution in [3.63, 3.8) is 0 Å². The second-order valence-corrected chi connectivity index (χ2v) is 8.60. The number of hydrogen-bond donors (Lipinski definition) is 2. The van der Waals surface area contributed by atoms with Gasteiger partial charge in [-0.3, -0.25) is 9.59 Å². The molecule has 4 amide bonds. The van der Waals surface area contributed by atoms with Crippen LogP contribution in [0.25, 0.3) is 0 Å². The minimum Gasteiger partial charge on any atom is -0.332 e. The average molecular weight is 387 g/mol. The van der Waals surface area contributed by atoms with E-state index in [2.05, 4.69) is 10.6 Å². The van der Waals surface area contributed by atoms with Crippen molar-refractivity contribution in [2.24, 2.45) is 0 Å². The Morgan fingerprint density at radius 1 is 1.32 bits per heavy atom. The van der Waals surface area contributed by atoms with Gasteiger partial charge in [0.1, 0.15) is 0 Å². The third-order valence-corrected chi connectivity index (χ3v) is 7.04. The maximum Gasteiger partial charge on any atom is 0.333 e. The van der Waals surface area contributed by atoms with Crippen molar-refractivity contribution >= 4 is 47.3 Å². The summed E-state index contributed by atoms with van der Waals surface area (Å²) in [6.45, 7) is 0. The van der Waals surface area contributed by atoms with Gasteiger partial charge in [-0.15, -0.1) is 5.06 Å². The van der Waals surface area contributed by atoms with E-state index < -0.39 is 23.0 Å². The van der Waals surface area contributed by atoms with Crippen LogP contribution in [-0.4, -0.2) is 63.5 Å². The molecular weight excluding hydrogens is 366 g/mol. The Kier molecular flexibility index (Phi) is 5.78. The Morgan fingerprint density at radius 2 is 2.12 bits per heavy atom. The first kappa shape index (κ1) is 18.4. The molecule has 10 heteroatoms. The van der Waals surface area contributed by atoms with E-state index in [4.69, 9.17) is 4.84 Å². The van der Waals surface area contributed by atoms with Gasteiger partial charge in [0.25, 0.3) is 11.8 Å². The van der Waals surface area contributed by atoms with Gasteiger partial charge in [0.2, 0.25) is 0 Å². The standard InChI is InChI=1S/C15H21N3O5S2/c1-24-10-6-11(19)18(14(10)21)23-12(20)5-3-2-4-9-13-8(7-25-9)16-15(22)17-13/h8-10,13H,2-7H2,1H3,(H2,16,17,22)/t8-,9-,10?,13-/m0/s1. The van der Waals surface area contributed by atoms with Gasteiger partial charge in [0.15, 0.2) is 0 Å². The van der Waals surface area contributed by atoms with E-state index in [1.807, 2.05) is 11.8 Å². The molecule has 0 aromatic carbocycles. The molecule has 3 aliphatic rings. The minimum atomic E-state index is -0.559. The van der Waals surface area contributed by atoms with E-state index in [0.29, 0.717) is 16.7 Å². The molecule has 138 valence electrons. The first-order valence-electron chi connectivity index (χ1n) is 8.28. The predicted molar refractivity (Wildman–Crippen MR) is 93.8 cm³/mol. The van der Waals surface area contributed by atoms with Crippen LogP contribution < -0.4 is 10.6 Å². The number of nitrogens with zero attached hydrogens (tertiary/aromatic N) is 1. The zero-order valence-electron chi connectivity index (χ0n) is 13.9. The number of thioether (sulfide) groups is 2. The van der Waals surface area contributed by atoms with Crippen LogP contribution >= 0.6 is 23.5 Å². The van der Waals surface area contributed by atoms with Gasteiger partial charge in [0, 0.05) is 17.4 Å². The van der Waals surface area contributed by atoms with Gasteiger partial charge in [-0.1, -0.05) is 6.42 Å². The topological polar surface area (TPSA) is 105 Å². The summed E-state index contributed by atoms with van der Waals surface area (Å²) >= 11 is 3.11. The molecule has 2 N–H and O–H groups in total. The number of nitrogens with one attached hydrogen (secondary N) is 2. The smallest absolute Gasteiger partial charge is 0.332 e. The Balaban J connectivity index is 1.35. The minimum absolute atomic E-state index is 0.0779. The summed E-state index contributed by atoms with van der Waals surface area (Å²) in [7, 11) is 0. The number of carbonyl (C=O) groups is 4. The normalized spacial score (nSPS) is 31.1. The second-order valence-electron chi connectivity index (χ2n) is 6.29. The number of urea groups is 1. The van der Waals surface area contributed by atoms with Gasteiger partial charge in [-0.05, 0) is 19.1 Å². The van der Waals surface area contributed by atoms with E-state index in [1.54, 1.807) is 6.26 Å². The summed E-state index contributed by atoms with van der Waals surface area (Å²) in [5, 5.41) is 6.34. The second kappa shape index (κ2) is 7.86. The lowest BCUT2D eigenvalue weighted by Gasteiger charge is -2.16. The Bertz CT molecular complexity index is 588. The van der Waals surface area contributed by atoms with Crippen molar-refractivity contribution in [2.75, 3.05) is 12.0 Å². The summed E-state index contributed by atoms with van der Waals surface area (Å²) in [4.78, 5) is 51.7. The van der Waals surface area contributed by atoms with Gasteiger partial charge in [-0.25, -0.2) is 9.59 Å². The Morgan fingerprint density at radius 3 is 2.84 bits per heavy atom. The Hall–Kier alpha value is -1.42. The highest BCUT2D eigenvalue weighted by molar-refractivity contribution is 8.00. The molecule has 1 unspecified atom stereocenters. The van der Waals surface area contributed by atoms with Gasteiger partial charge in [0.05, 0.1) is 23.8 Å². The van der Waals surface area contributed by atoms with Crippen molar-refractivity contribution < 1.29 is 24.0 Å². The highest BCUT2D eigenvalue weighted by Gasteiger charge is 2.43. The number of rotatable bonds is 7. The molecule has 0 radical (unpaired) electrons. The number of hydrogen-bond acceptors (Lipinski definition) is 7. The van der Waals surface area contributed by atoms with Gasteiger partial charge in [-0.2, -0.15) is 23.5 Å². The number of fused-ring (bicyclic) bond motifs is 1. The molecule has 4 atom stereocenters. The maximum atomic E-state index is 11.9. The molecule has 3 saturated heterocycles. The quantitative estimate of drug-likeness (QED) is 0.376. The fraction of sp³-hybridized carbons (Fsp3) is 0.733. The number of carbonyl (C=O) groups excluding carboxylic acids is 4. The molecule has 8 nitrogen and oxygen atoms in total. The van der Waals surface area contributed by atoms with Crippen LogP contribution in [0.1, 0.15) is 32.1 Å². The number of unbranched alkanes of at least 4 members (excludes halogenated alkanes) is 1. The molecule has 3 fully saturated rings. The summed E-state index contributed by atoms with van der Waals surface area (Å²) in [5.41, 5.74) is 0. The van der Waals surface area contributed by atoms with Crippen molar-refractivity contribution in [1.29, 1.82) is 0 Å². The lowest BCUT2D eigenvalue weighted by atomic mass is 10.0. The highest BCUT2D eigenvalue weighted by atomic mass is 32.2. The molecule has 0 saturated carbocycles. The number of amides is 4. The first-order chi connectivity index (χ1) is 12.0. The van der Waals surface area contributed by atoms with Crippen molar-refractivity contribution in [1.82, 2.24) is 15.7 Å². The fourth-order valence-corrected chi connectivity index (χ4v) is 5.42. The number of hydroxylamine groups is 2. The van der Waals surface area contributed by atoms with Crippen LogP contribution in [0.15, 0.2) is 0 Å². The largest absolute Gasteiger partial charge is 0.333 e. The predicted octanol–water partition coefficient (Wildman–Crippen LogP) is 0.661. The Labute approximate surface area is 154 Å². The molecule has 3 rings (SSSR count). The van der Waals surface area contributed by atoms with Crippen molar-refractivity contribution in [3.05, 3.63) is 0 Å². The van der Waals surface area contributed by atoms with E-state index >= 15 is 0 Å². The zero-order valence-corrected chi connectivity index (χ0v) is 15.5.